The molecule has 1 heterocycles. The number of halogens is 1. The van der Waals surface area contributed by atoms with Crippen molar-refractivity contribution in [3.63, 3.8) is 0 Å². The zero-order chi connectivity index (χ0) is 32.9. The predicted molar refractivity (Wildman–Crippen MR) is 199 cm³/mol. The molecule has 1 aromatic heterocycles. The molecule has 3 nitrogen and oxygen atoms in total. The summed E-state index contributed by atoms with van der Waals surface area (Å²) >= 11 is 8.13. The van der Waals surface area contributed by atoms with Crippen LogP contribution in [-0.2, 0) is 22.4 Å². The smallest absolute Gasteiger partial charge is 0.347 e. The van der Waals surface area contributed by atoms with Crippen molar-refractivity contribution in [2.45, 2.75) is 18.9 Å². The van der Waals surface area contributed by atoms with Crippen molar-refractivity contribution in [3.05, 3.63) is 173 Å². The zero-order valence-corrected chi connectivity index (χ0v) is 28.0. The van der Waals surface area contributed by atoms with Crippen LogP contribution in [0.1, 0.15) is 16.0 Å². The highest BCUT2D eigenvalue weighted by Crippen LogP contribution is 2.41. The second-order valence-corrected chi connectivity index (χ2v) is 13.2. The molecule has 0 bridgehead atoms. The molecule has 5 heteroatoms. The first-order chi connectivity index (χ1) is 23.6. The average molecular weight is 665 g/mol. The average Bonchev–Trinajstić information content (AvgIpc) is 3.50. The van der Waals surface area contributed by atoms with Crippen LogP contribution < -0.4 is 4.74 Å². The van der Waals surface area contributed by atoms with Crippen molar-refractivity contribution < 1.29 is 14.3 Å². The maximum absolute atomic E-state index is 12.9. The van der Waals surface area contributed by atoms with E-state index >= 15 is 0 Å². The molecule has 7 aromatic rings. The highest BCUT2D eigenvalue weighted by Gasteiger charge is 2.24. The predicted octanol–water partition coefficient (Wildman–Crippen LogP) is 11.3. The van der Waals surface area contributed by atoms with E-state index in [4.69, 9.17) is 21.1 Å². The van der Waals surface area contributed by atoms with Gasteiger partial charge in [-0.25, -0.2) is 4.79 Å². The van der Waals surface area contributed by atoms with Crippen LogP contribution >= 0.6 is 22.9 Å². The van der Waals surface area contributed by atoms with Gasteiger partial charge in [0, 0.05) is 44.0 Å². The van der Waals surface area contributed by atoms with Gasteiger partial charge in [-0.15, -0.1) is 11.3 Å². The van der Waals surface area contributed by atoms with Gasteiger partial charge in [0.1, 0.15) is 5.75 Å². The number of methoxy groups -OCH3 is 1. The summed E-state index contributed by atoms with van der Waals surface area (Å²) in [6, 6.07) is 51.7. The molecular formula is C43H33ClO3S. The molecule has 48 heavy (non-hydrogen) atoms. The monoisotopic (exact) mass is 664 g/mol. The van der Waals surface area contributed by atoms with Crippen LogP contribution in [0.5, 0.6) is 5.75 Å². The van der Waals surface area contributed by atoms with Gasteiger partial charge in [-0.3, -0.25) is 0 Å². The molecule has 0 saturated heterocycles. The van der Waals surface area contributed by atoms with Crippen molar-refractivity contribution in [3.8, 4) is 39.1 Å². The van der Waals surface area contributed by atoms with Gasteiger partial charge in [0.15, 0.2) is 6.10 Å². The van der Waals surface area contributed by atoms with Gasteiger partial charge in [0.2, 0.25) is 0 Å². The zero-order valence-electron chi connectivity index (χ0n) is 26.4. The van der Waals surface area contributed by atoms with Gasteiger partial charge in [-0.1, -0.05) is 133 Å². The molecular weight excluding hydrogens is 632 g/mol. The number of fused-ring (bicyclic) bond motifs is 1. The Morgan fingerprint density at radius 1 is 0.667 bits per heavy atom. The van der Waals surface area contributed by atoms with Crippen molar-refractivity contribution >= 4 is 39.0 Å². The minimum atomic E-state index is -0.806. The molecule has 0 aliphatic carbocycles. The molecule has 236 valence electrons. The Balaban J connectivity index is 1.24. The molecule has 0 unspecified atom stereocenters. The summed E-state index contributed by atoms with van der Waals surface area (Å²) in [6.07, 6.45) is 0.472. The van der Waals surface area contributed by atoms with E-state index in [1.165, 1.54) is 38.8 Å². The molecule has 0 fully saturated rings. The fraction of sp³-hybridized carbons (Fsp3) is 0.0930. The van der Waals surface area contributed by atoms with Crippen molar-refractivity contribution in [2.24, 2.45) is 0 Å². The second-order valence-electron chi connectivity index (χ2n) is 11.7. The number of thiophene rings is 1. The largest absolute Gasteiger partial charge is 0.478 e. The number of ether oxygens (including phenoxy) is 2. The number of esters is 1. The van der Waals surface area contributed by atoms with Gasteiger partial charge < -0.3 is 9.47 Å². The van der Waals surface area contributed by atoms with Crippen molar-refractivity contribution in [1.82, 2.24) is 0 Å². The van der Waals surface area contributed by atoms with E-state index in [-0.39, 0.29) is 0 Å². The summed E-state index contributed by atoms with van der Waals surface area (Å²) in [6.45, 7) is 0. The number of benzene rings is 6. The molecule has 0 aliphatic heterocycles. The second kappa shape index (κ2) is 14.3. The van der Waals surface area contributed by atoms with E-state index in [9.17, 15) is 4.79 Å². The van der Waals surface area contributed by atoms with Crippen molar-refractivity contribution in [1.29, 1.82) is 0 Å². The highest BCUT2D eigenvalue weighted by atomic mass is 35.5. The molecule has 0 spiro atoms. The number of rotatable bonds is 10. The summed E-state index contributed by atoms with van der Waals surface area (Å²) in [5, 5.41) is 1.93. The normalized spacial score (nSPS) is 11.7. The first-order valence-corrected chi connectivity index (χ1v) is 17.1. The van der Waals surface area contributed by atoms with E-state index in [1.807, 2.05) is 78.1 Å². The van der Waals surface area contributed by atoms with E-state index in [2.05, 4.69) is 84.9 Å². The molecule has 0 N–H and O–H groups in total. The van der Waals surface area contributed by atoms with Crippen LogP contribution in [-0.4, -0.2) is 19.2 Å². The Bertz CT molecular complexity index is 2160. The summed E-state index contributed by atoms with van der Waals surface area (Å²) < 4.78 is 12.9. The highest BCUT2D eigenvalue weighted by molar-refractivity contribution is 7.19. The maximum atomic E-state index is 12.9. The Labute approximate surface area is 290 Å². The van der Waals surface area contributed by atoms with E-state index < -0.39 is 12.1 Å². The number of hydrogen-bond acceptors (Lipinski definition) is 4. The van der Waals surface area contributed by atoms with Gasteiger partial charge in [0.05, 0.1) is 7.11 Å². The lowest BCUT2D eigenvalue weighted by atomic mass is 9.95. The third-order valence-electron chi connectivity index (χ3n) is 8.51. The van der Waals surface area contributed by atoms with Gasteiger partial charge >= 0.3 is 5.97 Å². The topological polar surface area (TPSA) is 35.5 Å². The Hall–Kier alpha value is -5.16. The SMILES string of the molecule is COC(=O)[C@@H](Cc1ccccc1)Oc1ccc(-c2ccc(-c3c(Cc4ccccc4)sc4ccccc34)cc2)cc1-c1ccc(Cl)cc1. The minimum absolute atomic E-state index is 0.389. The summed E-state index contributed by atoms with van der Waals surface area (Å²) in [4.78, 5) is 14.2. The summed E-state index contributed by atoms with van der Waals surface area (Å²) in [5.74, 6) is 0.174. The third-order valence-corrected chi connectivity index (χ3v) is 9.94. The van der Waals surface area contributed by atoms with Crippen LogP contribution in [0.25, 0.3) is 43.5 Å². The van der Waals surface area contributed by atoms with Crippen LogP contribution in [0.4, 0.5) is 0 Å². The Morgan fingerprint density at radius 3 is 1.98 bits per heavy atom. The number of carbonyl (C=O) groups excluding carboxylic acids is 1. The van der Waals surface area contributed by atoms with Crippen LogP contribution in [0.3, 0.4) is 0 Å². The third kappa shape index (κ3) is 6.91. The molecule has 6 aromatic carbocycles. The van der Waals surface area contributed by atoms with E-state index in [0.29, 0.717) is 17.2 Å². The summed E-state index contributed by atoms with van der Waals surface area (Å²) in [5.41, 5.74) is 8.70. The standard InChI is InChI=1S/C43H33ClO3S/c1-46-43(45)39(26-29-10-4-2-5-11-29)47-38-25-22-34(28-37(38)32-20-23-35(44)24-21-32)31-16-18-33(19-17-31)42-36-14-8-9-15-40(36)48-41(42)27-30-12-6-3-7-13-30/h2-25,28,39H,26-27H2,1H3/t39-/m1/s1. The van der Waals surface area contributed by atoms with Crippen molar-refractivity contribution in [2.75, 3.05) is 7.11 Å². The van der Waals surface area contributed by atoms with E-state index in [1.54, 1.807) is 0 Å². The number of hydrogen-bond donors (Lipinski definition) is 0. The van der Waals surface area contributed by atoms with Gasteiger partial charge in [-0.05, 0) is 63.7 Å². The molecule has 0 saturated carbocycles. The molecule has 0 radical (unpaired) electrons. The quantitative estimate of drug-likeness (QED) is 0.136. The van der Waals surface area contributed by atoms with Gasteiger partial charge in [-0.2, -0.15) is 0 Å². The lowest BCUT2D eigenvalue weighted by Crippen LogP contribution is -2.31. The van der Waals surface area contributed by atoms with Crippen LogP contribution in [0, 0.1) is 0 Å². The maximum Gasteiger partial charge on any atom is 0.347 e. The Morgan fingerprint density at radius 2 is 1.27 bits per heavy atom. The van der Waals surface area contributed by atoms with Crippen LogP contribution in [0.2, 0.25) is 5.02 Å². The minimum Gasteiger partial charge on any atom is -0.478 e. The molecule has 0 amide bonds. The first kappa shape index (κ1) is 31.4. The molecule has 1 atom stereocenters. The fourth-order valence-corrected chi connectivity index (χ4v) is 7.49. The van der Waals surface area contributed by atoms with Crippen LogP contribution in [0.15, 0.2) is 152 Å². The van der Waals surface area contributed by atoms with Gasteiger partial charge in [0.25, 0.3) is 0 Å². The lowest BCUT2D eigenvalue weighted by molar-refractivity contribution is -0.148. The Kier molecular flexibility index (Phi) is 9.37. The molecule has 7 rings (SSSR count). The number of carbonyl (C=O) groups is 1. The lowest BCUT2D eigenvalue weighted by Gasteiger charge is -2.20. The first-order valence-electron chi connectivity index (χ1n) is 15.9. The van der Waals surface area contributed by atoms with E-state index in [0.717, 1.165) is 34.2 Å². The molecule has 0 aliphatic rings. The summed E-state index contributed by atoms with van der Waals surface area (Å²) in [7, 11) is 1.39. The fourth-order valence-electron chi connectivity index (χ4n) is 6.10.